The molecule has 0 bridgehead atoms. The molecule has 24 heavy (non-hydrogen) atoms. The minimum absolute atomic E-state index is 0.0264. The molecule has 0 saturated heterocycles. The summed E-state index contributed by atoms with van der Waals surface area (Å²) in [6, 6.07) is 7.13. The van der Waals surface area contributed by atoms with Gasteiger partial charge in [-0.2, -0.15) is 8.78 Å². The first-order valence-electron chi connectivity index (χ1n) is 7.52. The molecule has 7 heteroatoms. The van der Waals surface area contributed by atoms with Crippen LogP contribution in [0.25, 0.3) is 0 Å². The van der Waals surface area contributed by atoms with Crippen LogP contribution < -0.4 is 0 Å². The lowest BCUT2D eigenvalue weighted by Gasteiger charge is -2.17. The van der Waals surface area contributed by atoms with Crippen molar-refractivity contribution < 1.29 is 18.4 Å². The van der Waals surface area contributed by atoms with Crippen molar-refractivity contribution in [1.82, 2.24) is 14.5 Å². The van der Waals surface area contributed by atoms with E-state index >= 15 is 0 Å². The second-order valence-electron chi connectivity index (χ2n) is 5.57. The molecule has 0 aliphatic carbocycles. The Morgan fingerprint density at radius 2 is 1.88 bits per heavy atom. The predicted octanol–water partition coefficient (Wildman–Crippen LogP) is 3.21. The summed E-state index contributed by atoms with van der Waals surface area (Å²) in [7, 11) is 1.50. The van der Waals surface area contributed by atoms with E-state index in [1.807, 2.05) is 19.1 Å². The van der Waals surface area contributed by atoms with Crippen molar-refractivity contribution >= 4 is 11.7 Å². The normalized spacial score (nSPS) is 10.9. The highest BCUT2D eigenvalue weighted by Crippen LogP contribution is 2.14. The van der Waals surface area contributed by atoms with Crippen LogP contribution in [-0.4, -0.2) is 33.2 Å². The number of aromatic nitrogens is 2. The molecule has 5 nitrogen and oxygen atoms in total. The molecule has 2 aromatic rings. The number of rotatable bonds is 7. The number of imidazole rings is 1. The highest BCUT2D eigenvalue weighted by atomic mass is 19.3. The molecular formula is C17H19F2N3O2. The van der Waals surface area contributed by atoms with Crippen molar-refractivity contribution in [2.45, 2.75) is 32.9 Å². The molecule has 0 N–H and O–H groups in total. The zero-order valence-electron chi connectivity index (χ0n) is 13.6. The molecule has 0 saturated carbocycles. The Hall–Kier alpha value is -2.57. The van der Waals surface area contributed by atoms with Gasteiger partial charge in [0.2, 0.25) is 5.91 Å². The van der Waals surface area contributed by atoms with Gasteiger partial charge >= 0.3 is 6.55 Å². The van der Waals surface area contributed by atoms with E-state index in [9.17, 15) is 18.4 Å². The number of benzene rings is 1. The molecule has 2 rings (SSSR count). The van der Waals surface area contributed by atoms with Crippen LogP contribution in [0, 0.1) is 6.92 Å². The Balaban J connectivity index is 1.88. The van der Waals surface area contributed by atoms with Gasteiger partial charge in [0.25, 0.3) is 0 Å². The topological polar surface area (TPSA) is 55.2 Å². The van der Waals surface area contributed by atoms with Gasteiger partial charge in [0.05, 0.1) is 6.54 Å². The molecule has 1 amide bonds. The zero-order chi connectivity index (χ0) is 17.7. The Bertz CT molecular complexity index is 711. The third-order valence-electron chi connectivity index (χ3n) is 3.70. The fourth-order valence-corrected chi connectivity index (χ4v) is 2.24. The van der Waals surface area contributed by atoms with Crippen molar-refractivity contribution in [2.24, 2.45) is 0 Å². The molecule has 0 unspecified atom stereocenters. The smallest absolute Gasteiger partial charge is 0.319 e. The van der Waals surface area contributed by atoms with E-state index in [-0.39, 0.29) is 36.9 Å². The van der Waals surface area contributed by atoms with E-state index < -0.39 is 6.55 Å². The van der Waals surface area contributed by atoms with Gasteiger partial charge in [0, 0.05) is 37.8 Å². The Labute approximate surface area is 138 Å². The van der Waals surface area contributed by atoms with Crippen LogP contribution in [0.1, 0.15) is 41.1 Å². The van der Waals surface area contributed by atoms with Gasteiger partial charge in [-0.1, -0.05) is 29.8 Å². The first-order chi connectivity index (χ1) is 11.4. The van der Waals surface area contributed by atoms with Gasteiger partial charge in [0.15, 0.2) is 5.78 Å². The van der Waals surface area contributed by atoms with Gasteiger partial charge in [-0.05, 0) is 6.92 Å². The summed E-state index contributed by atoms with van der Waals surface area (Å²) in [6.45, 7) is -0.806. The van der Waals surface area contributed by atoms with Crippen LogP contribution in [0.5, 0.6) is 0 Å². The van der Waals surface area contributed by atoms with Crippen molar-refractivity contribution in [3.8, 4) is 0 Å². The molecule has 0 spiro atoms. The SMILES string of the molecule is Cc1ccc(C(=O)CCC(=O)N(C)Cc2nccn2C(F)F)cc1. The average Bonchev–Trinajstić information content (AvgIpc) is 3.01. The van der Waals surface area contributed by atoms with Crippen molar-refractivity contribution in [3.63, 3.8) is 0 Å². The maximum Gasteiger partial charge on any atom is 0.319 e. The molecular weight excluding hydrogens is 316 g/mol. The fraction of sp³-hybridized carbons (Fsp3) is 0.353. The second kappa shape index (κ2) is 7.81. The molecule has 1 aromatic carbocycles. The maximum atomic E-state index is 12.8. The van der Waals surface area contributed by atoms with Gasteiger partial charge in [-0.25, -0.2) is 4.98 Å². The lowest BCUT2D eigenvalue weighted by Crippen LogP contribution is -2.28. The second-order valence-corrected chi connectivity index (χ2v) is 5.57. The lowest BCUT2D eigenvalue weighted by atomic mass is 10.0. The summed E-state index contributed by atoms with van der Waals surface area (Å²) >= 11 is 0. The van der Waals surface area contributed by atoms with Crippen molar-refractivity contribution in [1.29, 1.82) is 0 Å². The number of Topliss-reactive ketones (excluding diaryl/α,β-unsaturated/α-hetero) is 1. The Morgan fingerprint density at radius 1 is 1.21 bits per heavy atom. The van der Waals surface area contributed by atoms with Gasteiger partial charge < -0.3 is 4.90 Å². The maximum absolute atomic E-state index is 12.8. The van der Waals surface area contributed by atoms with Gasteiger partial charge in [0.1, 0.15) is 5.82 Å². The number of ketones is 1. The summed E-state index contributed by atoms with van der Waals surface area (Å²) in [4.78, 5) is 29.3. The number of nitrogens with zero attached hydrogens (tertiary/aromatic N) is 3. The largest absolute Gasteiger partial charge is 0.338 e. The summed E-state index contributed by atoms with van der Waals surface area (Å²) in [6.07, 6.45) is 2.54. The van der Waals surface area contributed by atoms with E-state index in [1.54, 1.807) is 12.1 Å². The quantitative estimate of drug-likeness (QED) is 0.730. The number of aryl methyl sites for hydroxylation is 1. The Morgan fingerprint density at radius 3 is 2.50 bits per heavy atom. The molecule has 128 valence electrons. The van der Waals surface area contributed by atoms with E-state index in [1.165, 1.54) is 24.3 Å². The van der Waals surface area contributed by atoms with Crippen LogP contribution in [0.4, 0.5) is 8.78 Å². The zero-order valence-corrected chi connectivity index (χ0v) is 13.6. The van der Waals surface area contributed by atoms with Crippen LogP contribution >= 0.6 is 0 Å². The molecule has 0 aliphatic heterocycles. The number of alkyl halides is 2. The molecule has 0 atom stereocenters. The highest BCUT2D eigenvalue weighted by Gasteiger charge is 2.17. The number of carbonyl (C=O) groups excluding carboxylic acids is 2. The number of hydrogen-bond donors (Lipinski definition) is 0. The third kappa shape index (κ3) is 4.47. The van der Waals surface area contributed by atoms with Gasteiger partial charge in [-0.3, -0.25) is 14.2 Å². The minimum atomic E-state index is -2.70. The number of amides is 1. The van der Waals surface area contributed by atoms with E-state index in [2.05, 4.69) is 4.98 Å². The van der Waals surface area contributed by atoms with E-state index in [4.69, 9.17) is 0 Å². The van der Waals surface area contributed by atoms with Crippen molar-refractivity contribution in [3.05, 3.63) is 53.6 Å². The number of hydrogen-bond acceptors (Lipinski definition) is 3. The Kier molecular flexibility index (Phi) is 5.78. The fourth-order valence-electron chi connectivity index (χ4n) is 2.24. The summed E-state index contributed by atoms with van der Waals surface area (Å²) < 4.78 is 26.2. The van der Waals surface area contributed by atoms with E-state index in [0.29, 0.717) is 10.1 Å². The number of carbonyl (C=O) groups is 2. The predicted molar refractivity (Wildman–Crippen MR) is 84.7 cm³/mol. The molecule has 0 fully saturated rings. The molecule has 1 heterocycles. The van der Waals surface area contributed by atoms with Crippen LogP contribution in [0.15, 0.2) is 36.7 Å². The molecule has 0 radical (unpaired) electrons. The first-order valence-corrected chi connectivity index (χ1v) is 7.52. The molecule has 1 aromatic heterocycles. The van der Waals surface area contributed by atoms with Crippen LogP contribution in [0.2, 0.25) is 0 Å². The molecule has 0 aliphatic rings. The monoisotopic (exact) mass is 335 g/mol. The summed E-state index contributed by atoms with van der Waals surface area (Å²) in [5.74, 6) is -0.309. The van der Waals surface area contributed by atoms with Crippen LogP contribution in [0.3, 0.4) is 0 Å². The first kappa shape index (κ1) is 17.8. The number of halogens is 2. The average molecular weight is 335 g/mol. The third-order valence-corrected chi connectivity index (χ3v) is 3.70. The van der Waals surface area contributed by atoms with Gasteiger partial charge in [-0.15, -0.1) is 0 Å². The minimum Gasteiger partial charge on any atom is -0.338 e. The van der Waals surface area contributed by atoms with Crippen molar-refractivity contribution in [2.75, 3.05) is 7.05 Å². The summed E-state index contributed by atoms with van der Waals surface area (Å²) in [5, 5.41) is 0. The van der Waals surface area contributed by atoms with Crippen LogP contribution in [-0.2, 0) is 11.3 Å². The summed E-state index contributed by atoms with van der Waals surface area (Å²) in [5.41, 5.74) is 1.61. The lowest BCUT2D eigenvalue weighted by molar-refractivity contribution is -0.130. The standard InChI is InChI=1S/C17H19F2N3O2/c1-12-3-5-13(6-4-12)14(23)7-8-16(24)21(2)11-15-20-9-10-22(15)17(18)19/h3-6,9-10,17H,7-8,11H2,1-2H3. The highest BCUT2D eigenvalue weighted by molar-refractivity contribution is 5.97. The van der Waals surface area contributed by atoms with E-state index in [0.717, 1.165) is 5.56 Å².